The molecule has 1 saturated heterocycles. The average Bonchev–Trinajstić information content (AvgIpc) is 2.79. The number of carbonyl (C=O) groups excluding carboxylic acids is 2. The number of hydrogen-bond donors (Lipinski definition) is 1. The molecule has 0 aliphatic carbocycles. The van der Waals surface area contributed by atoms with E-state index in [9.17, 15) is 9.59 Å². The molecular weight excluding hydrogens is 466 g/mol. The number of nitrogens with one attached hydrogen (secondary N) is 1. The van der Waals surface area contributed by atoms with Gasteiger partial charge in [-0.05, 0) is 55.0 Å². The van der Waals surface area contributed by atoms with Crippen molar-refractivity contribution < 1.29 is 23.8 Å². The third kappa shape index (κ3) is 6.80. The van der Waals surface area contributed by atoms with Crippen molar-refractivity contribution in [3.05, 3.63) is 58.1 Å². The maximum atomic E-state index is 12.3. The molecule has 8 nitrogen and oxygen atoms in total. The topological polar surface area (TPSA) is 89.5 Å². The Kier molecular flexibility index (Phi) is 8.43. The monoisotopic (exact) mass is 489 g/mol. The molecular formula is C22H24BrN3O5. The van der Waals surface area contributed by atoms with Crippen LogP contribution in [0.15, 0.2) is 52.0 Å². The molecule has 1 aliphatic rings. The number of morpholine rings is 1. The third-order valence-corrected chi connectivity index (χ3v) is 5.00. The molecule has 2 aromatic rings. The molecule has 31 heavy (non-hydrogen) atoms. The number of hydrogen-bond acceptors (Lipinski definition) is 6. The van der Waals surface area contributed by atoms with Gasteiger partial charge in [-0.2, -0.15) is 5.10 Å². The second kappa shape index (κ2) is 11.5. The first-order valence-corrected chi connectivity index (χ1v) is 10.7. The van der Waals surface area contributed by atoms with Gasteiger partial charge in [0.2, 0.25) is 0 Å². The summed E-state index contributed by atoms with van der Waals surface area (Å²) in [4.78, 5) is 26.1. The third-order valence-electron chi connectivity index (χ3n) is 4.47. The SMILES string of the molecule is CCOc1cc(/C=N/NC(=O)c2ccc(Br)cc2)ccc1OCC(=O)N1CCOCC1. The van der Waals surface area contributed by atoms with Crippen LogP contribution in [0, 0.1) is 0 Å². The van der Waals surface area contributed by atoms with Gasteiger partial charge in [-0.15, -0.1) is 0 Å². The van der Waals surface area contributed by atoms with Gasteiger partial charge < -0.3 is 19.1 Å². The van der Waals surface area contributed by atoms with Crippen LogP contribution in [0.25, 0.3) is 0 Å². The lowest BCUT2D eigenvalue weighted by Crippen LogP contribution is -2.43. The lowest BCUT2D eigenvalue weighted by atomic mass is 10.2. The van der Waals surface area contributed by atoms with Gasteiger partial charge in [-0.25, -0.2) is 5.43 Å². The van der Waals surface area contributed by atoms with Crippen molar-refractivity contribution in [2.45, 2.75) is 6.92 Å². The fraction of sp³-hybridized carbons (Fsp3) is 0.318. The van der Waals surface area contributed by atoms with Gasteiger partial charge in [0.15, 0.2) is 18.1 Å². The predicted molar refractivity (Wildman–Crippen MR) is 120 cm³/mol. The summed E-state index contributed by atoms with van der Waals surface area (Å²) in [5.41, 5.74) is 3.71. The fourth-order valence-corrected chi connectivity index (χ4v) is 3.13. The highest BCUT2D eigenvalue weighted by Crippen LogP contribution is 2.28. The average molecular weight is 490 g/mol. The number of benzene rings is 2. The summed E-state index contributed by atoms with van der Waals surface area (Å²) in [5, 5.41) is 4.00. The van der Waals surface area contributed by atoms with Crippen LogP contribution >= 0.6 is 15.9 Å². The highest BCUT2D eigenvalue weighted by atomic mass is 79.9. The summed E-state index contributed by atoms with van der Waals surface area (Å²) in [7, 11) is 0. The first kappa shape index (κ1) is 22.8. The highest BCUT2D eigenvalue weighted by Gasteiger charge is 2.18. The number of nitrogens with zero attached hydrogens (tertiary/aromatic N) is 2. The van der Waals surface area contributed by atoms with Crippen LogP contribution < -0.4 is 14.9 Å². The maximum absolute atomic E-state index is 12.3. The van der Waals surface area contributed by atoms with E-state index in [1.54, 1.807) is 47.4 Å². The zero-order valence-electron chi connectivity index (χ0n) is 17.2. The second-order valence-electron chi connectivity index (χ2n) is 6.63. The minimum atomic E-state index is -0.310. The van der Waals surface area contributed by atoms with E-state index in [1.807, 2.05) is 6.92 Å². The molecule has 0 saturated carbocycles. The van der Waals surface area contributed by atoms with E-state index >= 15 is 0 Å². The summed E-state index contributed by atoms with van der Waals surface area (Å²) < 4.78 is 17.5. The number of ether oxygens (including phenoxy) is 3. The molecule has 3 rings (SSSR count). The summed E-state index contributed by atoms with van der Waals surface area (Å²) in [5.74, 6) is 0.572. The van der Waals surface area contributed by atoms with Crippen LogP contribution in [-0.4, -0.2) is 62.4 Å². The molecule has 9 heteroatoms. The van der Waals surface area contributed by atoms with Crippen LogP contribution in [0.3, 0.4) is 0 Å². The molecule has 2 aromatic carbocycles. The van der Waals surface area contributed by atoms with Crippen molar-refractivity contribution in [3.63, 3.8) is 0 Å². The fourth-order valence-electron chi connectivity index (χ4n) is 2.87. The number of carbonyl (C=O) groups is 2. The van der Waals surface area contributed by atoms with E-state index in [2.05, 4.69) is 26.5 Å². The lowest BCUT2D eigenvalue weighted by molar-refractivity contribution is -0.137. The number of amides is 2. The first-order valence-electron chi connectivity index (χ1n) is 9.91. The van der Waals surface area contributed by atoms with Gasteiger partial charge in [-0.1, -0.05) is 15.9 Å². The van der Waals surface area contributed by atoms with Crippen LogP contribution in [0.1, 0.15) is 22.8 Å². The van der Waals surface area contributed by atoms with E-state index in [4.69, 9.17) is 14.2 Å². The van der Waals surface area contributed by atoms with E-state index in [0.29, 0.717) is 55.5 Å². The van der Waals surface area contributed by atoms with Crippen molar-refractivity contribution in [1.82, 2.24) is 10.3 Å². The lowest BCUT2D eigenvalue weighted by Gasteiger charge is -2.26. The molecule has 164 valence electrons. The summed E-state index contributed by atoms with van der Waals surface area (Å²) >= 11 is 3.33. The minimum Gasteiger partial charge on any atom is -0.490 e. The number of halogens is 1. The molecule has 0 aromatic heterocycles. The summed E-state index contributed by atoms with van der Waals surface area (Å²) in [6, 6.07) is 12.2. The molecule has 0 unspecified atom stereocenters. The zero-order valence-corrected chi connectivity index (χ0v) is 18.8. The zero-order chi connectivity index (χ0) is 22.1. The Labute approximate surface area is 189 Å². The number of hydrazone groups is 1. The normalized spacial score (nSPS) is 13.8. The van der Waals surface area contributed by atoms with Crippen LogP contribution in [-0.2, 0) is 9.53 Å². The van der Waals surface area contributed by atoms with Gasteiger partial charge in [0.05, 0.1) is 26.0 Å². The molecule has 2 amide bonds. The molecule has 0 radical (unpaired) electrons. The quantitative estimate of drug-likeness (QED) is 0.454. The Hall–Kier alpha value is -2.91. The summed E-state index contributed by atoms with van der Waals surface area (Å²) in [6.07, 6.45) is 1.52. The second-order valence-corrected chi connectivity index (χ2v) is 7.54. The van der Waals surface area contributed by atoms with Crippen molar-refractivity contribution in [2.75, 3.05) is 39.5 Å². The largest absolute Gasteiger partial charge is 0.490 e. The summed E-state index contributed by atoms with van der Waals surface area (Å²) in [6.45, 7) is 4.46. The van der Waals surface area contributed by atoms with Crippen LogP contribution in [0.5, 0.6) is 11.5 Å². The Morgan fingerprint density at radius 2 is 1.87 bits per heavy atom. The van der Waals surface area contributed by atoms with Crippen molar-refractivity contribution in [2.24, 2.45) is 5.10 Å². The van der Waals surface area contributed by atoms with Gasteiger partial charge in [0.25, 0.3) is 11.8 Å². The van der Waals surface area contributed by atoms with Crippen molar-refractivity contribution in [1.29, 1.82) is 0 Å². The van der Waals surface area contributed by atoms with E-state index in [0.717, 1.165) is 4.47 Å². The smallest absolute Gasteiger partial charge is 0.271 e. The molecule has 0 atom stereocenters. The van der Waals surface area contributed by atoms with Crippen LogP contribution in [0.2, 0.25) is 0 Å². The van der Waals surface area contributed by atoms with Gasteiger partial charge >= 0.3 is 0 Å². The Bertz CT molecular complexity index is 927. The van der Waals surface area contributed by atoms with Crippen molar-refractivity contribution in [3.8, 4) is 11.5 Å². The van der Waals surface area contributed by atoms with Crippen molar-refractivity contribution >= 4 is 34.0 Å². The van der Waals surface area contributed by atoms with Gasteiger partial charge in [0, 0.05) is 23.1 Å². The Balaban J connectivity index is 1.59. The highest BCUT2D eigenvalue weighted by molar-refractivity contribution is 9.10. The Morgan fingerprint density at radius 1 is 1.13 bits per heavy atom. The Morgan fingerprint density at radius 3 is 2.58 bits per heavy atom. The molecule has 1 fully saturated rings. The number of rotatable bonds is 8. The van der Waals surface area contributed by atoms with Gasteiger partial charge in [0.1, 0.15) is 0 Å². The molecule has 1 heterocycles. The predicted octanol–water partition coefficient (Wildman–Crippen LogP) is 2.85. The molecule has 0 bridgehead atoms. The van der Waals surface area contributed by atoms with Gasteiger partial charge in [-0.3, -0.25) is 9.59 Å². The van der Waals surface area contributed by atoms with E-state index in [-0.39, 0.29) is 18.4 Å². The molecule has 1 N–H and O–H groups in total. The minimum absolute atomic E-state index is 0.0727. The maximum Gasteiger partial charge on any atom is 0.271 e. The standard InChI is InChI=1S/C22H24BrN3O5/c1-2-30-20-13-16(14-24-25-22(28)17-4-6-18(23)7-5-17)3-8-19(20)31-15-21(27)26-9-11-29-12-10-26/h3-8,13-14H,2,9-12,15H2,1H3,(H,25,28)/b24-14+. The van der Waals surface area contributed by atoms with E-state index < -0.39 is 0 Å². The van der Waals surface area contributed by atoms with Crippen LogP contribution in [0.4, 0.5) is 0 Å². The molecule has 0 spiro atoms. The first-order chi connectivity index (χ1) is 15.1. The van der Waals surface area contributed by atoms with E-state index in [1.165, 1.54) is 6.21 Å². The molecule has 1 aliphatic heterocycles.